The molecule has 1 heterocycles. The number of nitrogens with one attached hydrogen (secondary N) is 1. The molecule has 1 N–H and O–H groups in total. The molecule has 0 unspecified atom stereocenters. The standard InChI is InChI=1S/C17H19NO4S/c1-2-21-17-8-4-3-7-15(17)18-23(19,20)14-9-10-16-13(12-14)6-5-11-22-16/h3-4,7-10,12,18H,2,5-6,11H2,1H3. The predicted octanol–water partition coefficient (Wildman–Crippen LogP) is 3.21. The molecule has 2 aromatic rings. The molecule has 0 bridgehead atoms. The van der Waals surface area contributed by atoms with Crippen molar-refractivity contribution in [3.05, 3.63) is 48.0 Å². The van der Waals surface area contributed by atoms with Gasteiger partial charge in [-0.05, 0) is 55.7 Å². The zero-order chi connectivity index (χ0) is 16.3. The lowest BCUT2D eigenvalue weighted by atomic mass is 10.1. The Morgan fingerprint density at radius 2 is 2.04 bits per heavy atom. The number of hydrogen-bond donors (Lipinski definition) is 1. The average Bonchev–Trinajstić information content (AvgIpc) is 2.56. The third kappa shape index (κ3) is 3.42. The normalized spacial score (nSPS) is 13.8. The van der Waals surface area contributed by atoms with Crippen LogP contribution in [0.1, 0.15) is 18.9 Å². The Kier molecular flexibility index (Phi) is 4.43. The van der Waals surface area contributed by atoms with Crippen molar-refractivity contribution in [3.63, 3.8) is 0 Å². The number of aryl methyl sites for hydroxylation is 1. The lowest BCUT2D eigenvalue weighted by Crippen LogP contribution is -2.15. The Balaban J connectivity index is 1.90. The van der Waals surface area contributed by atoms with Crippen LogP contribution in [0, 0.1) is 0 Å². The SMILES string of the molecule is CCOc1ccccc1NS(=O)(=O)c1ccc2c(c1)CCCO2. The molecular formula is C17H19NO4S. The Morgan fingerprint density at radius 3 is 2.87 bits per heavy atom. The quantitative estimate of drug-likeness (QED) is 0.912. The van der Waals surface area contributed by atoms with Gasteiger partial charge in [0.15, 0.2) is 0 Å². The number of sulfonamides is 1. The van der Waals surface area contributed by atoms with Crippen LogP contribution in [0.5, 0.6) is 11.5 Å². The third-order valence-electron chi connectivity index (χ3n) is 3.62. The summed E-state index contributed by atoms with van der Waals surface area (Å²) in [7, 11) is -3.67. The molecule has 0 saturated carbocycles. The van der Waals surface area contributed by atoms with Gasteiger partial charge in [0, 0.05) is 0 Å². The van der Waals surface area contributed by atoms with Crippen molar-refractivity contribution in [3.8, 4) is 11.5 Å². The van der Waals surface area contributed by atoms with E-state index in [1.165, 1.54) is 0 Å². The molecule has 2 aromatic carbocycles. The van der Waals surface area contributed by atoms with Crippen LogP contribution in [-0.4, -0.2) is 21.6 Å². The fourth-order valence-electron chi connectivity index (χ4n) is 2.54. The number of anilines is 1. The maximum Gasteiger partial charge on any atom is 0.262 e. The van der Waals surface area contributed by atoms with Crippen LogP contribution < -0.4 is 14.2 Å². The number of fused-ring (bicyclic) bond motifs is 1. The maximum atomic E-state index is 12.6. The van der Waals surface area contributed by atoms with E-state index in [9.17, 15) is 8.42 Å². The highest BCUT2D eigenvalue weighted by molar-refractivity contribution is 7.92. The first kappa shape index (κ1) is 15.7. The van der Waals surface area contributed by atoms with Gasteiger partial charge in [-0.3, -0.25) is 4.72 Å². The summed E-state index contributed by atoms with van der Waals surface area (Å²) in [6.45, 7) is 3.00. The van der Waals surface area contributed by atoms with E-state index in [0.29, 0.717) is 24.7 Å². The molecular weight excluding hydrogens is 314 g/mol. The summed E-state index contributed by atoms with van der Waals surface area (Å²) in [4.78, 5) is 0.230. The van der Waals surface area contributed by atoms with E-state index in [0.717, 1.165) is 24.2 Å². The van der Waals surface area contributed by atoms with Gasteiger partial charge in [0.1, 0.15) is 11.5 Å². The molecule has 0 aromatic heterocycles. The second-order valence-electron chi connectivity index (χ2n) is 5.26. The van der Waals surface area contributed by atoms with Gasteiger partial charge in [-0.1, -0.05) is 12.1 Å². The van der Waals surface area contributed by atoms with Crippen molar-refractivity contribution in [2.24, 2.45) is 0 Å². The third-order valence-corrected chi connectivity index (χ3v) is 4.98. The Morgan fingerprint density at radius 1 is 1.22 bits per heavy atom. The molecule has 23 heavy (non-hydrogen) atoms. The van der Waals surface area contributed by atoms with E-state index >= 15 is 0 Å². The zero-order valence-electron chi connectivity index (χ0n) is 12.9. The van der Waals surface area contributed by atoms with Crippen LogP contribution in [0.3, 0.4) is 0 Å². The molecule has 0 amide bonds. The first-order valence-corrected chi connectivity index (χ1v) is 9.09. The minimum absolute atomic E-state index is 0.230. The monoisotopic (exact) mass is 333 g/mol. The van der Waals surface area contributed by atoms with Crippen LogP contribution >= 0.6 is 0 Å². The van der Waals surface area contributed by atoms with E-state index in [-0.39, 0.29) is 4.90 Å². The Hall–Kier alpha value is -2.21. The van der Waals surface area contributed by atoms with Crippen LogP contribution in [0.15, 0.2) is 47.4 Å². The lowest BCUT2D eigenvalue weighted by molar-refractivity contribution is 0.288. The van der Waals surface area contributed by atoms with Gasteiger partial charge in [0.2, 0.25) is 0 Å². The largest absolute Gasteiger partial charge is 0.493 e. The lowest BCUT2D eigenvalue weighted by Gasteiger charge is -2.18. The molecule has 122 valence electrons. The van der Waals surface area contributed by atoms with E-state index in [1.807, 2.05) is 6.92 Å². The van der Waals surface area contributed by atoms with E-state index in [1.54, 1.807) is 42.5 Å². The molecule has 0 saturated heterocycles. The minimum Gasteiger partial charge on any atom is -0.493 e. The van der Waals surface area contributed by atoms with Crippen LogP contribution in [-0.2, 0) is 16.4 Å². The summed E-state index contributed by atoms with van der Waals surface area (Å²) in [5, 5.41) is 0. The molecule has 0 spiro atoms. The first-order chi connectivity index (χ1) is 11.1. The highest BCUT2D eigenvalue weighted by Crippen LogP contribution is 2.30. The van der Waals surface area contributed by atoms with E-state index < -0.39 is 10.0 Å². The van der Waals surface area contributed by atoms with Crippen molar-refractivity contribution in [2.75, 3.05) is 17.9 Å². The molecule has 3 rings (SSSR count). The molecule has 0 fully saturated rings. The van der Waals surface area contributed by atoms with Crippen molar-refractivity contribution in [2.45, 2.75) is 24.7 Å². The summed E-state index contributed by atoms with van der Waals surface area (Å²) in [6, 6.07) is 12.0. The molecule has 1 aliphatic rings. The van der Waals surface area contributed by atoms with Gasteiger partial charge in [0.25, 0.3) is 10.0 Å². The van der Waals surface area contributed by atoms with Crippen LogP contribution in [0.25, 0.3) is 0 Å². The molecule has 5 nitrogen and oxygen atoms in total. The first-order valence-electron chi connectivity index (χ1n) is 7.60. The summed E-state index contributed by atoms with van der Waals surface area (Å²) in [5.41, 5.74) is 1.36. The minimum atomic E-state index is -3.67. The van der Waals surface area contributed by atoms with Gasteiger partial charge in [-0.2, -0.15) is 0 Å². The van der Waals surface area contributed by atoms with Gasteiger partial charge < -0.3 is 9.47 Å². The van der Waals surface area contributed by atoms with Crippen molar-refractivity contribution < 1.29 is 17.9 Å². The van der Waals surface area contributed by atoms with Crippen molar-refractivity contribution in [1.82, 2.24) is 0 Å². The number of ether oxygens (including phenoxy) is 2. The summed E-state index contributed by atoms with van der Waals surface area (Å²) in [5.74, 6) is 1.28. The molecule has 6 heteroatoms. The number of para-hydroxylation sites is 2. The van der Waals surface area contributed by atoms with Crippen molar-refractivity contribution >= 4 is 15.7 Å². The van der Waals surface area contributed by atoms with Gasteiger partial charge in [-0.25, -0.2) is 8.42 Å². The number of rotatable bonds is 5. The molecule has 0 aliphatic carbocycles. The van der Waals surface area contributed by atoms with Crippen LogP contribution in [0.4, 0.5) is 5.69 Å². The summed E-state index contributed by atoms with van der Waals surface area (Å²) >= 11 is 0. The smallest absolute Gasteiger partial charge is 0.262 e. The Bertz CT molecular complexity index is 802. The summed E-state index contributed by atoms with van der Waals surface area (Å²) < 4.78 is 38.9. The molecule has 0 radical (unpaired) electrons. The topological polar surface area (TPSA) is 64.6 Å². The molecule has 1 aliphatic heterocycles. The van der Waals surface area contributed by atoms with E-state index in [2.05, 4.69) is 4.72 Å². The maximum absolute atomic E-state index is 12.6. The second kappa shape index (κ2) is 6.50. The highest BCUT2D eigenvalue weighted by atomic mass is 32.2. The zero-order valence-corrected chi connectivity index (χ0v) is 13.7. The van der Waals surface area contributed by atoms with Gasteiger partial charge >= 0.3 is 0 Å². The van der Waals surface area contributed by atoms with Gasteiger partial charge in [-0.15, -0.1) is 0 Å². The molecule has 0 atom stereocenters. The van der Waals surface area contributed by atoms with Gasteiger partial charge in [0.05, 0.1) is 23.8 Å². The number of hydrogen-bond acceptors (Lipinski definition) is 4. The fraction of sp³-hybridized carbons (Fsp3) is 0.294. The van der Waals surface area contributed by atoms with Crippen LogP contribution in [0.2, 0.25) is 0 Å². The second-order valence-corrected chi connectivity index (χ2v) is 6.94. The predicted molar refractivity (Wildman–Crippen MR) is 88.7 cm³/mol. The average molecular weight is 333 g/mol. The number of benzene rings is 2. The Labute approximate surface area is 136 Å². The van der Waals surface area contributed by atoms with E-state index in [4.69, 9.17) is 9.47 Å². The highest BCUT2D eigenvalue weighted by Gasteiger charge is 2.19. The summed E-state index contributed by atoms with van der Waals surface area (Å²) in [6.07, 6.45) is 1.73. The fourth-order valence-corrected chi connectivity index (χ4v) is 3.66. The van der Waals surface area contributed by atoms with Crippen molar-refractivity contribution in [1.29, 1.82) is 0 Å².